The second-order valence-electron chi connectivity index (χ2n) is 1.61. The lowest BCUT2D eigenvalue weighted by atomic mass is 10.2. The lowest BCUT2D eigenvalue weighted by Gasteiger charge is -2.05. The first kappa shape index (κ1) is 5.22. The standard InChI is InChI=1S/C6H9NO/c1-2-6-3-4-8-7-5-6/h3-5,7H,2H2,1H3. The van der Waals surface area contributed by atoms with Gasteiger partial charge in [-0.05, 0) is 18.1 Å². The number of allylic oxidation sites excluding steroid dienone is 2. The van der Waals surface area contributed by atoms with Crippen LogP contribution >= 0.6 is 0 Å². The van der Waals surface area contributed by atoms with Crippen molar-refractivity contribution in [1.29, 1.82) is 0 Å². The summed E-state index contributed by atoms with van der Waals surface area (Å²) in [4.78, 5) is 4.69. The van der Waals surface area contributed by atoms with Gasteiger partial charge in [-0.15, -0.1) is 0 Å². The van der Waals surface area contributed by atoms with Crippen molar-refractivity contribution >= 4 is 0 Å². The molecule has 1 rings (SSSR count). The highest BCUT2D eigenvalue weighted by Gasteiger charge is 1.90. The summed E-state index contributed by atoms with van der Waals surface area (Å²) in [5.74, 6) is 0. The van der Waals surface area contributed by atoms with Crippen LogP contribution in [0.2, 0.25) is 0 Å². The highest BCUT2D eigenvalue weighted by molar-refractivity contribution is 5.16. The molecule has 0 bridgehead atoms. The number of hydrogen-bond acceptors (Lipinski definition) is 2. The molecule has 0 saturated heterocycles. The van der Waals surface area contributed by atoms with Gasteiger partial charge in [-0.1, -0.05) is 6.92 Å². The molecule has 2 nitrogen and oxygen atoms in total. The van der Waals surface area contributed by atoms with Crippen LogP contribution in [0.4, 0.5) is 0 Å². The van der Waals surface area contributed by atoms with E-state index in [9.17, 15) is 0 Å². The molecular weight excluding hydrogens is 102 g/mol. The molecule has 2 heteroatoms. The van der Waals surface area contributed by atoms with E-state index < -0.39 is 0 Å². The van der Waals surface area contributed by atoms with Crippen LogP contribution in [0.15, 0.2) is 24.1 Å². The summed E-state index contributed by atoms with van der Waals surface area (Å²) in [6.45, 7) is 2.10. The second kappa shape index (κ2) is 2.40. The first-order chi connectivity index (χ1) is 3.93. The summed E-state index contributed by atoms with van der Waals surface area (Å²) < 4.78 is 0. The van der Waals surface area contributed by atoms with Gasteiger partial charge in [-0.3, -0.25) is 0 Å². The minimum atomic E-state index is 1.05. The zero-order valence-electron chi connectivity index (χ0n) is 4.85. The van der Waals surface area contributed by atoms with Gasteiger partial charge in [-0.25, -0.2) is 5.48 Å². The van der Waals surface area contributed by atoms with Crippen molar-refractivity contribution in [2.45, 2.75) is 13.3 Å². The van der Waals surface area contributed by atoms with Gasteiger partial charge in [0.1, 0.15) is 6.26 Å². The van der Waals surface area contributed by atoms with Crippen LogP contribution in [-0.2, 0) is 4.84 Å². The normalized spacial score (nSPS) is 16.4. The maximum Gasteiger partial charge on any atom is 0.119 e. The fourth-order valence-corrected chi connectivity index (χ4v) is 0.538. The maximum atomic E-state index is 4.69. The van der Waals surface area contributed by atoms with Crippen LogP contribution in [0.25, 0.3) is 0 Å². The van der Waals surface area contributed by atoms with Crippen LogP contribution < -0.4 is 5.48 Å². The maximum absolute atomic E-state index is 4.69. The fraction of sp³-hybridized carbons (Fsp3) is 0.333. The van der Waals surface area contributed by atoms with E-state index in [4.69, 9.17) is 4.84 Å². The summed E-state index contributed by atoms with van der Waals surface area (Å²) in [5.41, 5.74) is 3.90. The first-order valence-corrected chi connectivity index (χ1v) is 2.70. The molecule has 0 saturated carbocycles. The van der Waals surface area contributed by atoms with Crippen molar-refractivity contribution in [3.8, 4) is 0 Å². The highest BCUT2D eigenvalue weighted by atomic mass is 16.6. The van der Waals surface area contributed by atoms with Crippen molar-refractivity contribution in [3.63, 3.8) is 0 Å². The monoisotopic (exact) mass is 111 g/mol. The predicted molar refractivity (Wildman–Crippen MR) is 31.7 cm³/mol. The van der Waals surface area contributed by atoms with E-state index in [-0.39, 0.29) is 0 Å². The fourth-order valence-electron chi connectivity index (χ4n) is 0.538. The van der Waals surface area contributed by atoms with E-state index in [0.29, 0.717) is 0 Å². The third-order valence-corrected chi connectivity index (χ3v) is 1.07. The van der Waals surface area contributed by atoms with E-state index in [1.165, 1.54) is 5.57 Å². The lowest BCUT2D eigenvalue weighted by molar-refractivity contribution is 0.170. The molecule has 0 aliphatic carbocycles. The van der Waals surface area contributed by atoms with Gasteiger partial charge in [0, 0.05) is 6.20 Å². The van der Waals surface area contributed by atoms with Gasteiger partial charge in [0.2, 0.25) is 0 Å². The van der Waals surface area contributed by atoms with Crippen LogP contribution in [-0.4, -0.2) is 0 Å². The molecule has 0 atom stereocenters. The average molecular weight is 111 g/mol. The molecule has 0 amide bonds. The Morgan fingerprint density at radius 2 is 2.62 bits per heavy atom. The molecule has 0 radical (unpaired) electrons. The van der Waals surface area contributed by atoms with Crippen molar-refractivity contribution in [2.75, 3.05) is 0 Å². The molecule has 8 heavy (non-hydrogen) atoms. The molecule has 0 spiro atoms. The Hall–Kier alpha value is -0.920. The first-order valence-electron chi connectivity index (χ1n) is 2.70. The second-order valence-corrected chi connectivity index (χ2v) is 1.61. The minimum Gasteiger partial charge on any atom is -0.391 e. The molecule has 0 aromatic heterocycles. The molecule has 0 aromatic carbocycles. The Kier molecular flexibility index (Phi) is 1.57. The van der Waals surface area contributed by atoms with E-state index in [0.717, 1.165) is 6.42 Å². The number of rotatable bonds is 1. The molecular formula is C6H9NO. The highest BCUT2D eigenvalue weighted by Crippen LogP contribution is 2.03. The van der Waals surface area contributed by atoms with Crippen LogP contribution in [0.5, 0.6) is 0 Å². The molecule has 1 aliphatic heterocycles. The quantitative estimate of drug-likeness (QED) is 0.551. The average Bonchev–Trinajstić information content (AvgIpc) is 1.90. The topological polar surface area (TPSA) is 21.3 Å². The number of hydrogen-bond donors (Lipinski definition) is 1. The van der Waals surface area contributed by atoms with Gasteiger partial charge in [0.15, 0.2) is 0 Å². The zero-order chi connectivity index (χ0) is 5.82. The zero-order valence-corrected chi connectivity index (χ0v) is 4.85. The summed E-state index contributed by atoms with van der Waals surface area (Å²) in [5, 5.41) is 0. The molecule has 0 aromatic rings. The molecule has 1 aliphatic rings. The smallest absolute Gasteiger partial charge is 0.119 e. The third kappa shape index (κ3) is 1.03. The predicted octanol–water partition coefficient (Wildman–Crippen LogP) is 1.33. The van der Waals surface area contributed by atoms with E-state index >= 15 is 0 Å². The van der Waals surface area contributed by atoms with Crippen molar-refractivity contribution in [2.24, 2.45) is 0 Å². The van der Waals surface area contributed by atoms with Gasteiger partial charge < -0.3 is 4.84 Å². The van der Waals surface area contributed by atoms with Crippen LogP contribution in [0.3, 0.4) is 0 Å². The van der Waals surface area contributed by atoms with E-state index in [2.05, 4.69) is 12.4 Å². The Bertz CT molecular complexity index is 126. The summed E-state index contributed by atoms with van der Waals surface area (Å²) in [6.07, 6.45) is 6.47. The molecule has 1 heterocycles. The summed E-state index contributed by atoms with van der Waals surface area (Å²) in [7, 11) is 0. The Balaban J connectivity index is 2.51. The van der Waals surface area contributed by atoms with Gasteiger partial charge >= 0.3 is 0 Å². The molecule has 0 fully saturated rings. The van der Waals surface area contributed by atoms with Gasteiger partial charge in [-0.2, -0.15) is 0 Å². The van der Waals surface area contributed by atoms with E-state index in [1.807, 2.05) is 12.3 Å². The van der Waals surface area contributed by atoms with Crippen molar-refractivity contribution < 1.29 is 4.84 Å². The van der Waals surface area contributed by atoms with Gasteiger partial charge in [0.25, 0.3) is 0 Å². The van der Waals surface area contributed by atoms with Crippen LogP contribution in [0.1, 0.15) is 13.3 Å². The lowest BCUT2D eigenvalue weighted by Crippen LogP contribution is -2.05. The Morgan fingerprint density at radius 1 is 1.75 bits per heavy atom. The largest absolute Gasteiger partial charge is 0.391 e. The van der Waals surface area contributed by atoms with Gasteiger partial charge in [0.05, 0.1) is 0 Å². The number of hydroxylamine groups is 1. The summed E-state index contributed by atoms with van der Waals surface area (Å²) >= 11 is 0. The molecule has 44 valence electrons. The third-order valence-electron chi connectivity index (χ3n) is 1.07. The Morgan fingerprint density at radius 3 is 3.00 bits per heavy atom. The number of nitrogens with one attached hydrogen (secondary N) is 1. The van der Waals surface area contributed by atoms with E-state index in [1.54, 1.807) is 6.26 Å². The SMILES string of the molecule is CCC1=CNOC=C1. The summed E-state index contributed by atoms with van der Waals surface area (Å²) in [6, 6.07) is 0. The minimum absolute atomic E-state index is 1.05. The van der Waals surface area contributed by atoms with Crippen LogP contribution in [0, 0.1) is 0 Å². The molecule has 0 unspecified atom stereocenters. The Labute approximate surface area is 48.8 Å². The van der Waals surface area contributed by atoms with Crippen molar-refractivity contribution in [3.05, 3.63) is 24.1 Å². The molecule has 1 N–H and O–H groups in total. The van der Waals surface area contributed by atoms with Crippen molar-refractivity contribution in [1.82, 2.24) is 5.48 Å².